The van der Waals surface area contributed by atoms with Crippen LogP contribution < -0.4 is 9.64 Å². The molecular weight excluding hydrogens is 202 g/mol. The van der Waals surface area contributed by atoms with Crippen LogP contribution in [0, 0.1) is 0 Å². The molecular formula is C13H19NO2. The predicted octanol–water partition coefficient (Wildman–Crippen LogP) is 2.50. The minimum absolute atomic E-state index is 0.131. The van der Waals surface area contributed by atoms with Gasteiger partial charge in [0.2, 0.25) is 0 Å². The molecule has 1 rings (SSSR count). The fourth-order valence-corrected chi connectivity index (χ4v) is 1.55. The summed E-state index contributed by atoms with van der Waals surface area (Å²) in [6.45, 7) is 5.96. The highest BCUT2D eigenvalue weighted by Crippen LogP contribution is 2.27. The minimum Gasteiger partial charge on any atom is -0.489 e. The number of Topliss-reactive ketones (excluding diaryl/α,β-unsaturated/α-hetero) is 1. The van der Waals surface area contributed by atoms with Gasteiger partial charge in [0.15, 0.2) is 0 Å². The van der Waals surface area contributed by atoms with Crippen LogP contribution in [-0.2, 0) is 4.79 Å². The van der Waals surface area contributed by atoms with Crippen molar-refractivity contribution in [2.24, 2.45) is 0 Å². The number of likely N-dealkylation sites (N-methyl/N-ethyl adjacent to an activating group) is 1. The molecule has 0 N–H and O–H groups in total. The second kappa shape index (κ2) is 5.54. The number of benzene rings is 1. The van der Waals surface area contributed by atoms with Crippen LogP contribution in [0.5, 0.6) is 5.75 Å². The molecule has 0 aliphatic heterocycles. The van der Waals surface area contributed by atoms with Crippen LogP contribution in [0.15, 0.2) is 24.3 Å². The zero-order chi connectivity index (χ0) is 12.1. The summed E-state index contributed by atoms with van der Waals surface area (Å²) in [6.07, 6.45) is 0.131. The molecule has 0 aromatic heterocycles. The lowest BCUT2D eigenvalue weighted by Crippen LogP contribution is -2.24. The van der Waals surface area contributed by atoms with Gasteiger partial charge in [0.25, 0.3) is 0 Å². The summed E-state index contributed by atoms with van der Waals surface area (Å²) in [5.41, 5.74) is 0.950. The molecule has 16 heavy (non-hydrogen) atoms. The first-order chi connectivity index (χ1) is 7.50. The van der Waals surface area contributed by atoms with Gasteiger partial charge < -0.3 is 9.64 Å². The molecule has 0 saturated heterocycles. The fraction of sp³-hybridized carbons (Fsp3) is 0.462. The van der Waals surface area contributed by atoms with E-state index in [1.54, 1.807) is 6.92 Å². The lowest BCUT2D eigenvalue weighted by atomic mass is 10.2. The second-order valence-electron chi connectivity index (χ2n) is 4.19. The molecule has 0 amide bonds. The second-order valence-corrected chi connectivity index (χ2v) is 4.19. The van der Waals surface area contributed by atoms with E-state index in [9.17, 15) is 4.79 Å². The first-order valence-electron chi connectivity index (χ1n) is 5.47. The Morgan fingerprint density at radius 3 is 2.56 bits per heavy atom. The first-order valence-corrected chi connectivity index (χ1v) is 5.47. The van der Waals surface area contributed by atoms with Crippen LogP contribution in [0.2, 0.25) is 0 Å². The van der Waals surface area contributed by atoms with Gasteiger partial charge in [-0.15, -0.1) is 0 Å². The van der Waals surface area contributed by atoms with Gasteiger partial charge in [-0.2, -0.15) is 0 Å². The largest absolute Gasteiger partial charge is 0.489 e. The maximum Gasteiger partial charge on any atom is 0.149 e. The lowest BCUT2D eigenvalue weighted by Gasteiger charge is -2.22. The number of carbonyl (C=O) groups is 1. The zero-order valence-corrected chi connectivity index (χ0v) is 10.4. The average molecular weight is 221 g/mol. The van der Waals surface area contributed by atoms with Crippen LogP contribution in [-0.4, -0.2) is 25.5 Å². The number of anilines is 1. The summed E-state index contributed by atoms with van der Waals surface area (Å²) >= 11 is 0. The number of carbonyl (C=O) groups excluding carboxylic acids is 1. The van der Waals surface area contributed by atoms with Crippen molar-refractivity contribution < 1.29 is 9.53 Å². The Morgan fingerprint density at radius 1 is 1.38 bits per heavy atom. The third kappa shape index (κ3) is 3.57. The highest BCUT2D eigenvalue weighted by Gasteiger charge is 2.10. The van der Waals surface area contributed by atoms with Crippen LogP contribution >= 0.6 is 0 Å². The highest BCUT2D eigenvalue weighted by atomic mass is 16.5. The number of ether oxygens (including phenoxy) is 1. The molecule has 0 spiro atoms. The standard InChI is InChI=1S/C13H19NO2/c1-10(2)16-13-8-6-5-7-12(13)14(4)9-11(3)15/h5-8,10H,9H2,1-4H3. The number of ketones is 1. The maximum absolute atomic E-state index is 11.1. The number of hydrogen-bond acceptors (Lipinski definition) is 3. The molecule has 0 aliphatic carbocycles. The molecule has 0 heterocycles. The van der Waals surface area contributed by atoms with Gasteiger partial charge in [-0.1, -0.05) is 12.1 Å². The Bertz CT molecular complexity index is 361. The number of hydrogen-bond donors (Lipinski definition) is 0. The monoisotopic (exact) mass is 221 g/mol. The summed E-state index contributed by atoms with van der Waals surface area (Å²) in [6, 6.07) is 7.76. The Kier molecular flexibility index (Phi) is 4.35. The van der Waals surface area contributed by atoms with Crippen molar-refractivity contribution in [2.75, 3.05) is 18.5 Å². The smallest absolute Gasteiger partial charge is 0.149 e. The SMILES string of the molecule is CC(=O)CN(C)c1ccccc1OC(C)C. The number of nitrogens with zero attached hydrogens (tertiary/aromatic N) is 1. The fourth-order valence-electron chi connectivity index (χ4n) is 1.55. The van der Waals surface area contributed by atoms with Crippen LogP contribution in [0.4, 0.5) is 5.69 Å². The van der Waals surface area contributed by atoms with Gasteiger partial charge in [-0.3, -0.25) is 4.79 Å². The molecule has 0 saturated carbocycles. The van der Waals surface area contributed by atoms with E-state index in [-0.39, 0.29) is 11.9 Å². The van der Waals surface area contributed by atoms with Crippen molar-refractivity contribution in [1.82, 2.24) is 0 Å². The van der Waals surface area contributed by atoms with E-state index in [4.69, 9.17) is 4.74 Å². The number of rotatable bonds is 5. The van der Waals surface area contributed by atoms with E-state index in [1.165, 1.54) is 0 Å². The van der Waals surface area contributed by atoms with Gasteiger partial charge in [-0.05, 0) is 32.9 Å². The Hall–Kier alpha value is -1.51. The van der Waals surface area contributed by atoms with Crippen molar-refractivity contribution in [1.29, 1.82) is 0 Å². The van der Waals surface area contributed by atoms with Crippen LogP contribution in [0.25, 0.3) is 0 Å². The van der Waals surface area contributed by atoms with Gasteiger partial charge in [-0.25, -0.2) is 0 Å². The normalized spacial score (nSPS) is 10.3. The van der Waals surface area contributed by atoms with Crippen LogP contribution in [0.1, 0.15) is 20.8 Å². The third-order valence-electron chi connectivity index (χ3n) is 2.10. The van der Waals surface area contributed by atoms with Crippen molar-refractivity contribution in [3.63, 3.8) is 0 Å². The Morgan fingerprint density at radius 2 is 2.00 bits per heavy atom. The summed E-state index contributed by atoms with van der Waals surface area (Å²) in [5, 5.41) is 0. The number of para-hydroxylation sites is 2. The quantitative estimate of drug-likeness (QED) is 0.765. The molecule has 0 unspecified atom stereocenters. The molecule has 0 atom stereocenters. The van der Waals surface area contributed by atoms with Crippen LogP contribution in [0.3, 0.4) is 0 Å². The Balaban J connectivity index is 2.89. The summed E-state index contributed by atoms with van der Waals surface area (Å²) in [7, 11) is 1.89. The topological polar surface area (TPSA) is 29.5 Å². The van der Waals surface area contributed by atoms with E-state index in [0.717, 1.165) is 11.4 Å². The van der Waals surface area contributed by atoms with E-state index in [1.807, 2.05) is 50.1 Å². The lowest BCUT2D eigenvalue weighted by molar-refractivity contribution is -0.115. The maximum atomic E-state index is 11.1. The summed E-state index contributed by atoms with van der Waals surface area (Å²) < 4.78 is 5.70. The average Bonchev–Trinajstić information content (AvgIpc) is 2.16. The minimum atomic E-state index is 0.131. The Labute approximate surface area is 97.0 Å². The van der Waals surface area contributed by atoms with E-state index in [2.05, 4.69) is 0 Å². The van der Waals surface area contributed by atoms with Crippen molar-refractivity contribution in [3.05, 3.63) is 24.3 Å². The van der Waals surface area contributed by atoms with E-state index >= 15 is 0 Å². The summed E-state index contributed by atoms with van der Waals surface area (Å²) in [4.78, 5) is 13.0. The van der Waals surface area contributed by atoms with E-state index in [0.29, 0.717) is 6.54 Å². The van der Waals surface area contributed by atoms with Crippen molar-refractivity contribution in [2.45, 2.75) is 26.9 Å². The molecule has 0 aliphatic rings. The first kappa shape index (κ1) is 12.6. The molecule has 1 aromatic carbocycles. The summed E-state index contributed by atoms with van der Waals surface area (Å²) in [5.74, 6) is 0.961. The molecule has 0 fully saturated rings. The molecule has 88 valence electrons. The molecule has 3 nitrogen and oxygen atoms in total. The predicted molar refractivity (Wildman–Crippen MR) is 66.2 cm³/mol. The third-order valence-corrected chi connectivity index (χ3v) is 2.10. The molecule has 3 heteroatoms. The molecule has 1 aromatic rings. The molecule has 0 bridgehead atoms. The van der Waals surface area contributed by atoms with E-state index < -0.39 is 0 Å². The van der Waals surface area contributed by atoms with Gasteiger partial charge >= 0.3 is 0 Å². The highest BCUT2D eigenvalue weighted by molar-refractivity contribution is 5.81. The van der Waals surface area contributed by atoms with Gasteiger partial charge in [0.05, 0.1) is 18.3 Å². The zero-order valence-electron chi connectivity index (χ0n) is 10.4. The van der Waals surface area contributed by atoms with Crippen molar-refractivity contribution >= 4 is 11.5 Å². The van der Waals surface area contributed by atoms with Crippen molar-refractivity contribution in [3.8, 4) is 5.75 Å². The molecule has 0 radical (unpaired) electrons. The van der Waals surface area contributed by atoms with Gasteiger partial charge in [0, 0.05) is 7.05 Å². The van der Waals surface area contributed by atoms with Gasteiger partial charge in [0.1, 0.15) is 11.5 Å².